The molecule has 2 aromatic rings. The van der Waals surface area contributed by atoms with Gasteiger partial charge in [-0.25, -0.2) is 19.7 Å². The molecule has 0 aliphatic heterocycles. The fourth-order valence-corrected chi connectivity index (χ4v) is 1.67. The highest BCUT2D eigenvalue weighted by Gasteiger charge is 2.06. The summed E-state index contributed by atoms with van der Waals surface area (Å²) in [5.41, 5.74) is 1.70. The number of nitrogens with zero attached hydrogens (tertiary/aromatic N) is 3. The van der Waals surface area contributed by atoms with Crippen LogP contribution in [-0.2, 0) is 6.54 Å². The van der Waals surface area contributed by atoms with Crippen molar-refractivity contribution in [2.75, 3.05) is 5.32 Å². The van der Waals surface area contributed by atoms with Gasteiger partial charge in [0.1, 0.15) is 11.6 Å². The molecule has 0 unspecified atom stereocenters. The average molecular weight is 258 g/mol. The Kier molecular flexibility index (Phi) is 3.70. The minimum Gasteiger partial charge on any atom is -0.478 e. The lowest BCUT2D eigenvalue weighted by molar-refractivity contribution is 0.0696. The van der Waals surface area contributed by atoms with Gasteiger partial charge in [-0.3, -0.25) is 0 Å². The number of hydrogen-bond acceptors (Lipinski definition) is 5. The van der Waals surface area contributed by atoms with Crippen LogP contribution in [-0.4, -0.2) is 26.0 Å². The lowest BCUT2D eigenvalue weighted by atomic mass is 10.2. The first-order valence-corrected chi connectivity index (χ1v) is 5.79. The van der Waals surface area contributed by atoms with Gasteiger partial charge in [-0.1, -0.05) is 0 Å². The number of aryl methyl sites for hydroxylation is 2. The van der Waals surface area contributed by atoms with Crippen molar-refractivity contribution in [3.63, 3.8) is 0 Å². The molecular formula is C13H14N4O2. The van der Waals surface area contributed by atoms with E-state index in [2.05, 4.69) is 20.3 Å². The molecule has 0 radical (unpaired) electrons. The zero-order chi connectivity index (χ0) is 13.8. The van der Waals surface area contributed by atoms with E-state index in [1.807, 2.05) is 6.92 Å². The Morgan fingerprint density at radius 3 is 2.79 bits per heavy atom. The monoisotopic (exact) mass is 258 g/mol. The summed E-state index contributed by atoms with van der Waals surface area (Å²) in [4.78, 5) is 23.4. The second kappa shape index (κ2) is 5.43. The summed E-state index contributed by atoms with van der Waals surface area (Å²) >= 11 is 0. The number of carbonyl (C=O) groups is 1. The van der Waals surface area contributed by atoms with Gasteiger partial charge in [-0.15, -0.1) is 0 Å². The van der Waals surface area contributed by atoms with Gasteiger partial charge in [0.05, 0.1) is 17.8 Å². The van der Waals surface area contributed by atoms with Crippen LogP contribution >= 0.6 is 0 Å². The van der Waals surface area contributed by atoms with Crippen LogP contribution in [0.2, 0.25) is 0 Å². The van der Waals surface area contributed by atoms with E-state index >= 15 is 0 Å². The van der Waals surface area contributed by atoms with E-state index in [-0.39, 0.29) is 5.56 Å². The Labute approximate surface area is 110 Å². The first-order chi connectivity index (χ1) is 9.04. The summed E-state index contributed by atoms with van der Waals surface area (Å²) in [6, 6.07) is 4.83. The number of carboxylic acid groups (broad SMARTS) is 1. The molecule has 0 bridgehead atoms. The van der Waals surface area contributed by atoms with E-state index in [1.165, 1.54) is 12.1 Å². The van der Waals surface area contributed by atoms with Gasteiger partial charge in [0.15, 0.2) is 0 Å². The van der Waals surface area contributed by atoms with Crippen molar-refractivity contribution in [1.82, 2.24) is 15.0 Å². The van der Waals surface area contributed by atoms with Crippen LogP contribution in [0.3, 0.4) is 0 Å². The topological polar surface area (TPSA) is 88.0 Å². The summed E-state index contributed by atoms with van der Waals surface area (Å²) in [5, 5.41) is 12.0. The van der Waals surface area contributed by atoms with E-state index in [0.29, 0.717) is 23.9 Å². The van der Waals surface area contributed by atoms with Crippen LogP contribution in [0.1, 0.15) is 27.6 Å². The Bertz CT molecular complexity index is 613. The number of nitrogens with one attached hydrogen (secondary N) is 1. The second-order valence-electron chi connectivity index (χ2n) is 4.14. The number of anilines is 1. The predicted molar refractivity (Wildman–Crippen MR) is 70.0 cm³/mol. The predicted octanol–water partition coefficient (Wildman–Crippen LogP) is 1.80. The smallest absolute Gasteiger partial charge is 0.335 e. The van der Waals surface area contributed by atoms with Crippen LogP contribution in [0, 0.1) is 13.8 Å². The molecule has 0 aliphatic rings. The van der Waals surface area contributed by atoms with Crippen molar-refractivity contribution < 1.29 is 9.90 Å². The minimum absolute atomic E-state index is 0.217. The number of hydrogen-bond donors (Lipinski definition) is 2. The fraction of sp³-hybridized carbons (Fsp3) is 0.231. The normalized spacial score (nSPS) is 10.2. The maximum Gasteiger partial charge on any atom is 0.335 e. The molecule has 0 saturated heterocycles. The molecule has 2 aromatic heterocycles. The molecule has 2 N–H and O–H groups in total. The molecule has 0 fully saturated rings. The lowest BCUT2D eigenvalue weighted by Crippen LogP contribution is -2.07. The molecule has 0 saturated carbocycles. The zero-order valence-corrected chi connectivity index (χ0v) is 10.7. The van der Waals surface area contributed by atoms with E-state index in [0.717, 1.165) is 5.69 Å². The molecule has 2 heterocycles. The van der Waals surface area contributed by atoms with Gasteiger partial charge in [0.25, 0.3) is 0 Å². The van der Waals surface area contributed by atoms with Gasteiger partial charge in [0.2, 0.25) is 0 Å². The molecule has 2 rings (SSSR count). The van der Waals surface area contributed by atoms with Crippen molar-refractivity contribution in [2.45, 2.75) is 20.4 Å². The number of pyridine rings is 1. The van der Waals surface area contributed by atoms with Crippen LogP contribution in [0.25, 0.3) is 0 Å². The summed E-state index contributed by atoms with van der Waals surface area (Å²) in [6.45, 7) is 4.04. The highest BCUT2D eigenvalue weighted by atomic mass is 16.4. The van der Waals surface area contributed by atoms with E-state index < -0.39 is 5.97 Å². The Morgan fingerprint density at radius 2 is 2.11 bits per heavy atom. The Balaban J connectivity index is 2.13. The van der Waals surface area contributed by atoms with E-state index in [9.17, 15) is 4.79 Å². The van der Waals surface area contributed by atoms with Gasteiger partial charge in [0, 0.05) is 11.9 Å². The zero-order valence-electron chi connectivity index (χ0n) is 10.7. The number of rotatable bonds is 4. The van der Waals surface area contributed by atoms with Crippen LogP contribution in [0.15, 0.2) is 24.4 Å². The number of carboxylic acids is 1. The summed E-state index contributed by atoms with van der Waals surface area (Å²) in [5.74, 6) is 0.253. The number of aromatic nitrogens is 3. The minimum atomic E-state index is -0.966. The van der Waals surface area contributed by atoms with Crippen molar-refractivity contribution in [1.29, 1.82) is 0 Å². The van der Waals surface area contributed by atoms with Gasteiger partial charge in [-0.2, -0.15) is 0 Å². The van der Waals surface area contributed by atoms with Crippen LogP contribution in [0.4, 0.5) is 5.82 Å². The fourth-order valence-electron chi connectivity index (χ4n) is 1.67. The highest BCUT2D eigenvalue weighted by Crippen LogP contribution is 2.11. The molecule has 0 aromatic carbocycles. The lowest BCUT2D eigenvalue weighted by Gasteiger charge is -2.07. The quantitative estimate of drug-likeness (QED) is 0.869. The first-order valence-electron chi connectivity index (χ1n) is 5.79. The maximum atomic E-state index is 10.9. The molecule has 0 aliphatic carbocycles. The van der Waals surface area contributed by atoms with Crippen molar-refractivity contribution >= 4 is 11.8 Å². The molecule has 0 atom stereocenters. The van der Waals surface area contributed by atoms with Crippen molar-refractivity contribution in [3.8, 4) is 0 Å². The second-order valence-corrected chi connectivity index (χ2v) is 4.14. The van der Waals surface area contributed by atoms with Gasteiger partial charge >= 0.3 is 5.97 Å². The highest BCUT2D eigenvalue weighted by molar-refractivity contribution is 5.88. The summed E-state index contributed by atoms with van der Waals surface area (Å²) in [6.07, 6.45) is 1.69. The van der Waals surface area contributed by atoms with E-state index in [1.54, 1.807) is 19.2 Å². The van der Waals surface area contributed by atoms with Crippen molar-refractivity contribution in [3.05, 3.63) is 47.2 Å². The van der Waals surface area contributed by atoms with Gasteiger partial charge in [-0.05, 0) is 32.0 Å². The molecule has 98 valence electrons. The van der Waals surface area contributed by atoms with Crippen LogP contribution < -0.4 is 5.32 Å². The third-order valence-corrected chi connectivity index (χ3v) is 2.48. The first kappa shape index (κ1) is 12.9. The third-order valence-electron chi connectivity index (χ3n) is 2.48. The molecule has 0 spiro atoms. The Morgan fingerprint density at radius 1 is 1.32 bits per heavy atom. The van der Waals surface area contributed by atoms with Crippen molar-refractivity contribution in [2.24, 2.45) is 0 Å². The van der Waals surface area contributed by atoms with Crippen LogP contribution in [0.5, 0.6) is 0 Å². The Hall–Kier alpha value is -2.50. The SMILES string of the molecule is Cc1cc(C(=O)O)cc(NCc2ccnc(C)n2)n1. The standard InChI is InChI=1S/C13H14N4O2/c1-8-5-10(13(18)19)6-12(16-8)15-7-11-3-4-14-9(2)17-11/h3-6H,7H2,1-2H3,(H,15,16)(H,18,19). The maximum absolute atomic E-state index is 10.9. The van der Waals surface area contributed by atoms with Gasteiger partial charge < -0.3 is 10.4 Å². The molecule has 19 heavy (non-hydrogen) atoms. The van der Waals surface area contributed by atoms with E-state index in [4.69, 9.17) is 5.11 Å². The largest absolute Gasteiger partial charge is 0.478 e. The molecule has 6 nitrogen and oxygen atoms in total. The average Bonchev–Trinajstić information content (AvgIpc) is 2.36. The summed E-state index contributed by atoms with van der Waals surface area (Å²) in [7, 11) is 0. The number of aromatic carboxylic acids is 1. The third kappa shape index (κ3) is 3.48. The summed E-state index contributed by atoms with van der Waals surface area (Å²) < 4.78 is 0. The molecular weight excluding hydrogens is 244 g/mol. The molecule has 6 heteroatoms. The molecule has 0 amide bonds.